The van der Waals surface area contributed by atoms with Crippen LogP contribution in [0.2, 0.25) is 0 Å². The highest BCUT2D eigenvalue weighted by molar-refractivity contribution is 7.11. The Bertz CT molecular complexity index is 1620. The second-order valence-corrected chi connectivity index (χ2v) is 13.2. The van der Waals surface area contributed by atoms with Crippen LogP contribution in [0.25, 0.3) is 11.4 Å². The Morgan fingerprint density at radius 2 is 1.59 bits per heavy atom. The van der Waals surface area contributed by atoms with Crippen molar-refractivity contribution in [3.05, 3.63) is 44.1 Å². The maximum Gasteiger partial charge on any atom is 0.439 e. The lowest BCUT2D eigenvalue weighted by Crippen LogP contribution is -2.38. The molecule has 272 valence electrons. The molecule has 1 N–H and O–H groups in total. The van der Waals surface area contributed by atoms with E-state index in [1.807, 2.05) is 0 Å². The van der Waals surface area contributed by atoms with E-state index in [1.54, 1.807) is 11.8 Å². The first-order valence-corrected chi connectivity index (χ1v) is 16.3. The van der Waals surface area contributed by atoms with Gasteiger partial charge in [-0.3, -0.25) is 14.4 Å². The maximum absolute atomic E-state index is 15.5. The van der Waals surface area contributed by atoms with Crippen molar-refractivity contribution in [1.29, 1.82) is 0 Å². The van der Waals surface area contributed by atoms with Crippen molar-refractivity contribution in [1.82, 2.24) is 20.0 Å². The van der Waals surface area contributed by atoms with Gasteiger partial charge >= 0.3 is 24.3 Å². The summed E-state index contributed by atoms with van der Waals surface area (Å²) in [6.07, 6.45) is -14.2. The summed E-state index contributed by atoms with van der Waals surface area (Å²) < 4.78 is 150. The monoisotopic (exact) mass is 734 g/mol. The number of nitrogens with zero attached hydrogens (tertiary/aromatic N) is 3. The molecule has 1 atom stereocenters. The summed E-state index contributed by atoms with van der Waals surface area (Å²) in [4.78, 5) is 20.6. The fourth-order valence-corrected chi connectivity index (χ4v) is 7.49. The van der Waals surface area contributed by atoms with Crippen LogP contribution in [0.4, 0.5) is 43.9 Å². The number of ether oxygens (including phenoxy) is 2. The number of thiazole rings is 1. The van der Waals surface area contributed by atoms with E-state index in [-0.39, 0.29) is 76.1 Å². The average Bonchev–Trinajstić information content (AvgIpc) is 3.65. The van der Waals surface area contributed by atoms with Gasteiger partial charge in [0.1, 0.15) is 11.9 Å². The summed E-state index contributed by atoms with van der Waals surface area (Å²) >= 11 is 1.16. The summed E-state index contributed by atoms with van der Waals surface area (Å²) in [5.74, 6) is -6.74. The van der Waals surface area contributed by atoms with Crippen LogP contribution in [0.3, 0.4) is 0 Å². The van der Waals surface area contributed by atoms with E-state index in [4.69, 9.17) is 14.5 Å². The van der Waals surface area contributed by atoms with E-state index in [0.717, 1.165) is 23.5 Å². The Balaban J connectivity index is 1.44. The second kappa shape index (κ2) is 14.5. The molecule has 8 nitrogen and oxygen atoms in total. The smallest absolute Gasteiger partial charge is 0.439 e. The zero-order chi connectivity index (χ0) is 35.7. The molecular weight excluding hydrogens is 702 g/mol. The fraction of sp³-hybridized carbons (Fsp3) is 0.633. The van der Waals surface area contributed by atoms with Crippen LogP contribution in [0.1, 0.15) is 79.5 Å². The van der Waals surface area contributed by atoms with Crippen molar-refractivity contribution in [3.63, 3.8) is 0 Å². The van der Waals surface area contributed by atoms with Crippen molar-refractivity contribution in [2.75, 3.05) is 19.7 Å². The first-order chi connectivity index (χ1) is 22.9. The summed E-state index contributed by atoms with van der Waals surface area (Å²) in [7, 11) is 0. The predicted octanol–water partition coefficient (Wildman–Crippen LogP) is 8.71. The number of alkyl halides is 9. The van der Waals surface area contributed by atoms with E-state index in [9.17, 15) is 44.3 Å². The molecule has 1 unspecified atom stereocenters. The minimum atomic E-state index is -4.78. The van der Waals surface area contributed by atoms with E-state index >= 15 is 4.39 Å². The summed E-state index contributed by atoms with van der Waals surface area (Å²) in [5, 5.41) is 3.91. The van der Waals surface area contributed by atoms with Gasteiger partial charge in [0.15, 0.2) is 24.0 Å². The fourth-order valence-electron chi connectivity index (χ4n) is 6.13. The number of hydrogen-bond acceptors (Lipinski definition) is 8. The molecule has 2 fully saturated rings. The van der Waals surface area contributed by atoms with E-state index in [0.29, 0.717) is 15.6 Å². The normalized spacial score (nSPS) is 20.8. The number of piperidine rings is 1. The molecule has 1 aliphatic heterocycles. The van der Waals surface area contributed by atoms with Crippen molar-refractivity contribution in [2.24, 2.45) is 11.8 Å². The molecule has 49 heavy (non-hydrogen) atoms. The number of H-pyrrole nitrogens is 1. The topological polar surface area (TPSA) is 93.5 Å². The molecule has 1 aromatic carbocycles. The molecular formula is C30H32F10N4O4S. The molecule has 0 radical (unpaired) electrons. The third kappa shape index (κ3) is 9.26. The van der Waals surface area contributed by atoms with Crippen molar-refractivity contribution in [3.8, 4) is 22.9 Å². The minimum absolute atomic E-state index is 0.0911. The third-order valence-electron chi connectivity index (χ3n) is 8.76. The van der Waals surface area contributed by atoms with E-state index in [2.05, 4.69) is 14.7 Å². The van der Waals surface area contributed by atoms with E-state index < -0.39 is 72.0 Å². The van der Waals surface area contributed by atoms with Crippen molar-refractivity contribution >= 4 is 11.3 Å². The van der Waals surface area contributed by atoms with Gasteiger partial charge < -0.3 is 9.47 Å². The van der Waals surface area contributed by atoms with Gasteiger partial charge in [-0.15, -0.1) is 11.3 Å². The van der Waals surface area contributed by atoms with Gasteiger partial charge in [-0.1, -0.05) is 12.1 Å². The quantitative estimate of drug-likeness (QED) is 0.208. The number of benzene rings is 1. The predicted molar refractivity (Wildman–Crippen MR) is 155 cm³/mol. The van der Waals surface area contributed by atoms with Gasteiger partial charge in [-0.2, -0.15) is 39.5 Å². The Labute approximate surface area is 276 Å². The molecule has 0 amide bonds. The van der Waals surface area contributed by atoms with Crippen LogP contribution in [-0.2, 0) is 6.54 Å². The molecule has 3 aromatic rings. The highest BCUT2D eigenvalue weighted by Gasteiger charge is 2.43. The number of aromatic amines is 1. The lowest BCUT2D eigenvalue weighted by atomic mass is 9.82. The van der Waals surface area contributed by atoms with Crippen molar-refractivity contribution < 1.29 is 57.9 Å². The minimum Gasteiger partial charge on any atom is -0.483 e. The van der Waals surface area contributed by atoms with Crippen LogP contribution in [0, 0.1) is 17.7 Å². The zero-order valence-corrected chi connectivity index (χ0v) is 26.7. The summed E-state index contributed by atoms with van der Waals surface area (Å²) in [6.45, 7) is 0.254. The molecule has 1 aliphatic carbocycles. The third-order valence-corrected chi connectivity index (χ3v) is 10.1. The number of likely N-dealkylation sites (tertiary alicyclic amines) is 1. The molecule has 2 aliphatic rings. The SMILES string of the molecule is CCC(Oc1cc(OCC(F)(F)F)c(-c2noc(=O)[nH]2)cc1F)c1sc([C@H]2CC[C@H](C(F)(F)F)CC2)nc1CN1CCC(C(F)(F)F)CC1. The van der Waals surface area contributed by atoms with E-state index in [1.165, 1.54) is 0 Å². The number of halogens is 10. The molecule has 5 rings (SSSR count). The largest absolute Gasteiger partial charge is 0.483 e. The molecule has 1 saturated heterocycles. The molecule has 0 bridgehead atoms. The second-order valence-electron chi connectivity index (χ2n) is 12.2. The average molecular weight is 735 g/mol. The molecule has 1 saturated carbocycles. The number of hydrogen-bond donors (Lipinski definition) is 1. The van der Waals surface area contributed by atoms with Gasteiger partial charge in [0.2, 0.25) is 0 Å². The van der Waals surface area contributed by atoms with Gasteiger partial charge in [0.05, 0.1) is 33.0 Å². The highest BCUT2D eigenvalue weighted by Crippen LogP contribution is 2.46. The van der Waals surface area contributed by atoms with Crippen molar-refractivity contribution in [2.45, 2.75) is 89.0 Å². The Kier molecular flexibility index (Phi) is 10.9. The lowest BCUT2D eigenvalue weighted by Gasteiger charge is -2.32. The van der Waals surface area contributed by atoms with Crippen LogP contribution in [-0.4, -0.2) is 58.2 Å². The van der Waals surface area contributed by atoms with Gasteiger partial charge in [-0.05, 0) is 64.1 Å². The maximum atomic E-state index is 15.5. The zero-order valence-electron chi connectivity index (χ0n) is 25.9. The van der Waals surface area contributed by atoms with Gasteiger partial charge in [-0.25, -0.2) is 14.2 Å². The van der Waals surface area contributed by atoms with Gasteiger partial charge in [0, 0.05) is 18.5 Å². The Morgan fingerprint density at radius 3 is 2.14 bits per heavy atom. The molecule has 3 heterocycles. The first-order valence-electron chi connectivity index (χ1n) is 15.5. The molecule has 2 aromatic heterocycles. The Hall–Kier alpha value is -3.35. The number of nitrogens with one attached hydrogen (secondary N) is 1. The van der Waals surface area contributed by atoms with Gasteiger partial charge in [0.25, 0.3) is 0 Å². The van der Waals surface area contributed by atoms with Crippen LogP contribution in [0.15, 0.2) is 21.5 Å². The Morgan fingerprint density at radius 1 is 0.959 bits per heavy atom. The highest BCUT2D eigenvalue weighted by atomic mass is 32.1. The molecule has 19 heteroatoms. The standard InChI is InChI=1S/C30H32F10N4O4S/c1-2-21(47-23-12-22(46-14-28(32,33)34)18(11-19(23)31)25-42-27(45)48-43-25)24-20(13-44-9-7-17(8-10-44)30(38,39)40)41-26(49-24)15-3-5-16(6-4-15)29(35,36)37/h11-12,15-17,21H,2-10,13-14H2,1H3,(H,42,43,45)/t15-,16-,21?. The number of rotatable bonds is 10. The number of aromatic nitrogens is 3. The van der Waals surface area contributed by atoms with Crippen LogP contribution < -0.4 is 15.2 Å². The van der Waals surface area contributed by atoms with Crippen LogP contribution in [0.5, 0.6) is 11.5 Å². The summed E-state index contributed by atoms with van der Waals surface area (Å²) in [6, 6.07) is 1.62. The lowest BCUT2D eigenvalue weighted by molar-refractivity contribution is -0.185. The first kappa shape index (κ1) is 36.9. The summed E-state index contributed by atoms with van der Waals surface area (Å²) in [5.41, 5.74) is 0.0616. The molecule has 0 spiro atoms. The van der Waals surface area contributed by atoms with Crippen LogP contribution >= 0.6 is 11.3 Å².